The van der Waals surface area contributed by atoms with Gasteiger partial charge in [0.05, 0.1) is 5.52 Å². The first-order valence-electron chi connectivity index (χ1n) is 18.0. The average molecular weight is 866 g/mol. The van der Waals surface area contributed by atoms with Crippen molar-refractivity contribution >= 4 is 60.0 Å². The van der Waals surface area contributed by atoms with E-state index < -0.39 is 0 Å². The summed E-state index contributed by atoms with van der Waals surface area (Å²) in [5.41, 5.74) is 13.3. The van der Waals surface area contributed by atoms with E-state index in [0.717, 1.165) is 55.4 Å². The zero-order valence-electron chi connectivity index (χ0n) is 30.7. The number of benzene rings is 5. The molecule has 0 fully saturated rings. The van der Waals surface area contributed by atoms with E-state index >= 15 is 0 Å². The Hall–Kier alpha value is -5.35. The molecule has 0 amide bonds. The molecule has 0 unspecified atom stereocenters. The largest absolute Gasteiger partial charge is 0.455 e. The van der Waals surface area contributed by atoms with E-state index in [1.54, 1.807) is 0 Å². The Balaban J connectivity index is 0.000000242. The fourth-order valence-electron chi connectivity index (χ4n) is 7.47. The molecule has 0 N–H and O–H groups in total. The molecule has 5 aromatic heterocycles. The van der Waals surface area contributed by atoms with Crippen LogP contribution in [-0.4, -0.2) is 14.4 Å². The molecule has 0 saturated carbocycles. The van der Waals surface area contributed by atoms with E-state index in [1.807, 2.05) is 55.7 Å². The first-order chi connectivity index (χ1) is 25.2. The maximum atomic E-state index is 6.60. The quantitative estimate of drug-likeness (QED) is 0.166. The minimum absolute atomic E-state index is 0. The Bertz CT molecular complexity index is 2910. The van der Waals surface area contributed by atoms with E-state index in [1.165, 1.54) is 43.9 Å². The predicted molar refractivity (Wildman–Crippen MR) is 216 cm³/mol. The van der Waals surface area contributed by atoms with Crippen molar-refractivity contribution in [2.45, 2.75) is 52.9 Å². The summed E-state index contributed by atoms with van der Waals surface area (Å²) < 4.78 is 9.01. The third-order valence-corrected chi connectivity index (χ3v) is 10.3. The molecule has 53 heavy (non-hydrogen) atoms. The molecule has 10 aromatic rings. The summed E-state index contributed by atoms with van der Waals surface area (Å²) in [5, 5.41) is 7.20. The van der Waals surface area contributed by atoms with Gasteiger partial charge in [0, 0.05) is 64.9 Å². The summed E-state index contributed by atoms with van der Waals surface area (Å²) in [6.07, 6.45) is 3.78. The third-order valence-electron chi connectivity index (χ3n) is 10.3. The minimum Gasteiger partial charge on any atom is -0.455 e. The number of nitrogens with zero attached hydrogens (tertiary/aromatic N) is 3. The molecule has 263 valence electrons. The third kappa shape index (κ3) is 5.89. The van der Waals surface area contributed by atoms with Crippen LogP contribution in [0, 0.1) is 19.1 Å². The molecule has 0 aliphatic carbocycles. The van der Waals surface area contributed by atoms with Gasteiger partial charge in [0.15, 0.2) is 0 Å². The minimum atomic E-state index is 0. The smallest absolute Gasteiger partial charge is 0.143 e. The zero-order valence-corrected chi connectivity index (χ0v) is 33.1. The van der Waals surface area contributed by atoms with E-state index in [0.29, 0.717) is 5.92 Å². The van der Waals surface area contributed by atoms with Crippen molar-refractivity contribution in [2.75, 3.05) is 0 Å². The van der Waals surface area contributed by atoms with Gasteiger partial charge in [0.25, 0.3) is 0 Å². The Kier molecular flexibility index (Phi) is 8.68. The normalized spacial score (nSPS) is 12.0. The van der Waals surface area contributed by atoms with Gasteiger partial charge in [-0.3, -0.25) is 0 Å². The Morgan fingerprint density at radius 3 is 2.28 bits per heavy atom. The first kappa shape index (κ1) is 34.7. The first-order valence-corrected chi connectivity index (χ1v) is 18.0. The van der Waals surface area contributed by atoms with E-state index in [2.05, 4.69) is 129 Å². The van der Waals surface area contributed by atoms with Crippen molar-refractivity contribution < 1.29 is 24.5 Å². The summed E-state index contributed by atoms with van der Waals surface area (Å²) in [6.45, 7) is 13.3. The van der Waals surface area contributed by atoms with Crippen LogP contribution in [0.5, 0.6) is 0 Å². The van der Waals surface area contributed by atoms with Crippen LogP contribution in [0.3, 0.4) is 0 Å². The number of hydrogen-bond acceptors (Lipinski definition) is 3. The van der Waals surface area contributed by atoms with Crippen LogP contribution in [0.2, 0.25) is 0 Å². The topological polar surface area (TPSA) is 43.3 Å². The number of para-hydroxylation sites is 1. The molecule has 0 aliphatic heterocycles. The van der Waals surface area contributed by atoms with E-state index in [4.69, 9.17) is 9.40 Å². The monoisotopic (exact) mass is 866 g/mol. The molecule has 10 rings (SSSR count). The predicted octanol–water partition coefficient (Wildman–Crippen LogP) is 12.9. The molecule has 0 saturated heterocycles. The van der Waals surface area contributed by atoms with Crippen molar-refractivity contribution in [3.63, 3.8) is 0 Å². The second-order valence-corrected chi connectivity index (χ2v) is 15.2. The Labute approximate surface area is 323 Å². The molecular formula is C48H39IrN3O-2. The molecule has 5 aromatic carbocycles. The van der Waals surface area contributed by atoms with Crippen molar-refractivity contribution in [1.82, 2.24) is 14.4 Å². The number of fused-ring (bicyclic) bond motifs is 10. The second-order valence-electron chi connectivity index (χ2n) is 15.2. The summed E-state index contributed by atoms with van der Waals surface area (Å²) in [5.74, 6) is 0.440. The molecule has 5 heterocycles. The molecule has 1 radical (unpaired) electrons. The number of pyridine rings is 2. The van der Waals surface area contributed by atoms with Crippen molar-refractivity contribution in [2.24, 2.45) is 0 Å². The Morgan fingerprint density at radius 2 is 1.53 bits per heavy atom. The van der Waals surface area contributed by atoms with E-state index in [9.17, 15) is 0 Å². The summed E-state index contributed by atoms with van der Waals surface area (Å²) in [7, 11) is 0. The van der Waals surface area contributed by atoms with Gasteiger partial charge in [-0.2, -0.15) is 0 Å². The van der Waals surface area contributed by atoms with Gasteiger partial charge in [-0.1, -0.05) is 88.0 Å². The SMILES string of the molecule is CC(C)c1ccnc(-c2[c-]cc3c(c2)c2c4oc5ccccc5c4cc4c5cc(C(C)(C)C)ccc5n3c42)c1.Cc1ccc(-c2[c-]cccc2)nc1.[Ir]. The van der Waals surface area contributed by atoms with Crippen LogP contribution < -0.4 is 0 Å². The molecule has 5 heteroatoms. The van der Waals surface area contributed by atoms with Gasteiger partial charge in [-0.05, 0) is 76.6 Å². The maximum absolute atomic E-state index is 6.60. The number of furan rings is 1. The van der Waals surface area contributed by atoms with Crippen molar-refractivity contribution in [3.05, 3.63) is 150 Å². The number of aryl methyl sites for hydroxylation is 1. The molecule has 0 aliphatic rings. The fraction of sp³-hybridized carbons (Fsp3) is 0.167. The molecule has 0 bridgehead atoms. The maximum Gasteiger partial charge on any atom is 0.143 e. The summed E-state index contributed by atoms with van der Waals surface area (Å²) >= 11 is 0. The van der Waals surface area contributed by atoms with Crippen molar-refractivity contribution in [1.29, 1.82) is 0 Å². The standard InChI is InChI=1S/C36H29N2O.C12H10N.Ir/c1-20(2)21-14-15-37-29(17-21)22-10-12-31-28(16-22)33-34-26(19-27-24-8-6-7-9-32(24)39-35(27)33)25-18-23(36(3,4)5)11-13-30(25)38(31)34;1-10-7-8-12(13-9-10)11-5-3-2-4-6-11;/h6-9,11-20H,1-5H3;2-5,7-9H,1H3;/q2*-1;. The van der Waals surface area contributed by atoms with Gasteiger partial charge < -0.3 is 18.8 Å². The van der Waals surface area contributed by atoms with Crippen LogP contribution in [0.4, 0.5) is 0 Å². The second kappa shape index (κ2) is 13.3. The van der Waals surface area contributed by atoms with Crippen LogP contribution in [0.15, 0.2) is 126 Å². The molecule has 0 atom stereocenters. The number of aromatic nitrogens is 3. The van der Waals surface area contributed by atoms with Gasteiger partial charge >= 0.3 is 0 Å². The van der Waals surface area contributed by atoms with E-state index in [-0.39, 0.29) is 25.5 Å². The molecule has 4 nitrogen and oxygen atoms in total. The summed E-state index contributed by atoms with van der Waals surface area (Å²) in [6, 6.07) is 45.0. The fourth-order valence-corrected chi connectivity index (χ4v) is 7.47. The van der Waals surface area contributed by atoms with Gasteiger partial charge in [0.2, 0.25) is 0 Å². The van der Waals surface area contributed by atoms with Crippen molar-refractivity contribution in [3.8, 4) is 22.5 Å². The average Bonchev–Trinajstić information content (AvgIpc) is 3.81. The summed E-state index contributed by atoms with van der Waals surface area (Å²) in [4.78, 5) is 9.04. The van der Waals surface area contributed by atoms with Crippen LogP contribution in [0.25, 0.3) is 82.5 Å². The molecule has 0 spiro atoms. The van der Waals surface area contributed by atoms with Gasteiger partial charge in [0.1, 0.15) is 11.2 Å². The van der Waals surface area contributed by atoms with Crippen LogP contribution in [-0.2, 0) is 25.5 Å². The number of rotatable bonds is 3. The van der Waals surface area contributed by atoms with Crippen LogP contribution in [0.1, 0.15) is 57.2 Å². The Morgan fingerprint density at radius 1 is 0.698 bits per heavy atom. The number of hydrogen-bond donors (Lipinski definition) is 0. The van der Waals surface area contributed by atoms with Crippen LogP contribution >= 0.6 is 0 Å². The zero-order chi connectivity index (χ0) is 35.7. The van der Waals surface area contributed by atoms with Gasteiger partial charge in [-0.15, -0.1) is 59.7 Å². The van der Waals surface area contributed by atoms with Gasteiger partial charge in [-0.25, -0.2) is 0 Å². The molecular weight excluding hydrogens is 827 g/mol.